The molecule has 2 heteroatoms. The maximum absolute atomic E-state index is 2.35. The van der Waals surface area contributed by atoms with Crippen LogP contribution in [0.5, 0.6) is 0 Å². The van der Waals surface area contributed by atoms with Gasteiger partial charge in [0, 0.05) is 20.6 Å². The Bertz CT molecular complexity index is 478. The summed E-state index contributed by atoms with van der Waals surface area (Å²) in [7, 11) is 0. The quantitative estimate of drug-likeness (QED) is 0.701. The highest BCUT2D eigenvalue weighted by molar-refractivity contribution is 14.1. The van der Waals surface area contributed by atoms with E-state index < -0.39 is 0 Å². The van der Waals surface area contributed by atoms with Gasteiger partial charge in [-0.15, -0.1) is 0 Å². The zero-order valence-corrected chi connectivity index (χ0v) is 11.4. The first-order valence-corrected chi connectivity index (χ1v) is 6.09. The molecule has 1 aromatic carbocycles. The second-order valence-electron chi connectivity index (χ2n) is 3.88. The molecule has 1 aromatic heterocycles. The smallest absolute Gasteiger partial charge is 0.0484 e. The third-order valence-electron chi connectivity index (χ3n) is 2.67. The molecule has 0 aliphatic carbocycles. The molecule has 0 bridgehead atoms. The zero-order valence-electron chi connectivity index (χ0n) is 9.21. The molecule has 0 aliphatic heterocycles. The van der Waals surface area contributed by atoms with E-state index in [1.807, 2.05) is 0 Å². The summed E-state index contributed by atoms with van der Waals surface area (Å²) in [5.74, 6) is 0. The normalized spacial score (nSPS) is 10.7. The fourth-order valence-corrected chi connectivity index (χ4v) is 2.57. The van der Waals surface area contributed by atoms with Gasteiger partial charge >= 0.3 is 0 Å². The zero-order chi connectivity index (χ0) is 11.0. The van der Waals surface area contributed by atoms with Gasteiger partial charge in [0.1, 0.15) is 0 Å². The molecule has 0 unspecified atom stereocenters. The molecule has 78 valence electrons. The van der Waals surface area contributed by atoms with E-state index in [-0.39, 0.29) is 0 Å². The number of aromatic nitrogens is 1. The van der Waals surface area contributed by atoms with E-state index in [4.69, 9.17) is 0 Å². The summed E-state index contributed by atoms with van der Waals surface area (Å²) in [6, 6.07) is 10.9. The van der Waals surface area contributed by atoms with Crippen LogP contribution in [0.3, 0.4) is 0 Å². The van der Waals surface area contributed by atoms with Crippen LogP contribution in [0.1, 0.15) is 17.0 Å². The highest BCUT2D eigenvalue weighted by Gasteiger charge is 2.06. The van der Waals surface area contributed by atoms with Gasteiger partial charge in [0.2, 0.25) is 0 Å². The van der Waals surface area contributed by atoms with E-state index in [0.717, 1.165) is 0 Å². The highest BCUT2D eigenvalue weighted by atomic mass is 127. The van der Waals surface area contributed by atoms with Crippen molar-refractivity contribution in [2.75, 3.05) is 0 Å². The van der Waals surface area contributed by atoms with Crippen molar-refractivity contribution in [1.82, 2.24) is 4.57 Å². The van der Waals surface area contributed by atoms with E-state index in [9.17, 15) is 0 Å². The maximum Gasteiger partial charge on any atom is 0.0484 e. The topological polar surface area (TPSA) is 4.93 Å². The highest BCUT2D eigenvalue weighted by Crippen LogP contribution is 2.21. The van der Waals surface area contributed by atoms with Gasteiger partial charge in [-0.3, -0.25) is 0 Å². The number of aryl methyl sites for hydroxylation is 3. The maximum atomic E-state index is 2.35. The molecule has 0 amide bonds. The van der Waals surface area contributed by atoms with Crippen LogP contribution in [0.25, 0.3) is 5.69 Å². The fourth-order valence-electron chi connectivity index (χ4n) is 1.92. The molecule has 0 fully saturated rings. The third kappa shape index (κ3) is 1.95. The first-order chi connectivity index (χ1) is 7.09. The average Bonchev–Trinajstić information content (AvgIpc) is 2.48. The van der Waals surface area contributed by atoms with Crippen molar-refractivity contribution < 1.29 is 0 Å². The van der Waals surface area contributed by atoms with Crippen molar-refractivity contribution >= 4 is 22.6 Å². The van der Waals surface area contributed by atoms with Crippen LogP contribution in [0.2, 0.25) is 0 Å². The SMILES string of the molecule is Cc1cc(I)ccc1-n1c(C)ccc1C. The molecule has 2 aromatic rings. The van der Waals surface area contributed by atoms with Crippen LogP contribution >= 0.6 is 22.6 Å². The summed E-state index contributed by atoms with van der Waals surface area (Å²) in [6.07, 6.45) is 0. The lowest BCUT2D eigenvalue weighted by molar-refractivity contribution is 0.954. The number of benzene rings is 1. The number of rotatable bonds is 1. The van der Waals surface area contributed by atoms with Crippen molar-refractivity contribution in [2.45, 2.75) is 20.8 Å². The average molecular weight is 311 g/mol. The standard InChI is InChI=1S/C13H14IN/c1-9-8-12(14)6-7-13(9)15-10(2)4-5-11(15)3/h4-8H,1-3H3. The van der Waals surface area contributed by atoms with Crippen molar-refractivity contribution in [1.29, 1.82) is 0 Å². The number of nitrogens with zero attached hydrogens (tertiary/aromatic N) is 1. The lowest BCUT2D eigenvalue weighted by Crippen LogP contribution is -2.01. The Morgan fingerprint density at radius 3 is 2.07 bits per heavy atom. The largest absolute Gasteiger partial charge is 0.318 e. The third-order valence-corrected chi connectivity index (χ3v) is 3.34. The van der Waals surface area contributed by atoms with E-state index in [2.05, 4.69) is 78.3 Å². The second-order valence-corrected chi connectivity index (χ2v) is 5.13. The Morgan fingerprint density at radius 1 is 0.933 bits per heavy atom. The fraction of sp³-hybridized carbons (Fsp3) is 0.231. The summed E-state index contributed by atoms with van der Waals surface area (Å²) < 4.78 is 3.59. The van der Waals surface area contributed by atoms with Gasteiger partial charge in [-0.05, 0) is 79.3 Å². The predicted octanol–water partition coefficient (Wildman–Crippen LogP) is 4.01. The molecular weight excluding hydrogens is 297 g/mol. The van der Waals surface area contributed by atoms with Gasteiger partial charge < -0.3 is 4.57 Å². The molecule has 0 N–H and O–H groups in total. The molecule has 0 atom stereocenters. The molecule has 2 rings (SSSR count). The number of hydrogen-bond acceptors (Lipinski definition) is 0. The molecular formula is C13H14IN. The molecule has 1 nitrogen and oxygen atoms in total. The molecule has 0 radical (unpaired) electrons. The van der Waals surface area contributed by atoms with E-state index in [1.54, 1.807) is 0 Å². The minimum absolute atomic E-state index is 1.29. The van der Waals surface area contributed by atoms with Gasteiger partial charge in [-0.2, -0.15) is 0 Å². The summed E-state index contributed by atoms with van der Waals surface area (Å²) in [4.78, 5) is 0. The van der Waals surface area contributed by atoms with Gasteiger partial charge in [-0.1, -0.05) is 0 Å². The molecule has 0 saturated heterocycles. The summed E-state index contributed by atoms with van der Waals surface area (Å²) in [6.45, 7) is 6.45. The lowest BCUT2D eigenvalue weighted by atomic mass is 10.2. The molecule has 15 heavy (non-hydrogen) atoms. The lowest BCUT2D eigenvalue weighted by Gasteiger charge is -2.12. The van der Waals surface area contributed by atoms with Crippen molar-refractivity contribution in [2.24, 2.45) is 0 Å². The van der Waals surface area contributed by atoms with Crippen molar-refractivity contribution in [3.05, 3.63) is 50.9 Å². The van der Waals surface area contributed by atoms with Crippen LogP contribution in [-0.2, 0) is 0 Å². The molecule has 0 spiro atoms. The van der Waals surface area contributed by atoms with Crippen LogP contribution in [-0.4, -0.2) is 4.57 Å². The monoisotopic (exact) mass is 311 g/mol. The van der Waals surface area contributed by atoms with Crippen LogP contribution in [0.4, 0.5) is 0 Å². The van der Waals surface area contributed by atoms with Gasteiger partial charge in [0.05, 0.1) is 0 Å². The summed E-state index contributed by atoms with van der Waals surface area (Å²) in [5.41, 5.74) is 5.19. The Labute approximate surface area is 104 Å². The van der Waals surface area contributed by atoms with Crippen LogP contribution < -0.4 is 0 Å². The molecule has 1 heterocycles. The van der Waals surface area contributed by atoms with Gasteiger partial charge in [0.25, 0.3) is 0 Å². The second kappa shape index (κ2) is 4.00. The van der Waals surface area contributed by atoms with Gasteiger partial charge in [-0.25, -0.2) is 0 Å². The Hall–Kier alpha value is -0.770. The molecule has 0 aliphatic rings. The Kier molecular flexibility index (Phi) is 2.87. The van der Waals surface area contributed by atoms with Crippen molar-refractivity contribution in [3.63, 3.8) is 0 Å². The van der Waals surface area contributed by atoms with Crippen LogP contribution in [0.15, 0.2) is 30.3 Å². The van der Waals surface area contributed by atoms with E-state index in [0.29, 0.717) is 0 Å². The number of halogens is 1. The number of hydrogen-bond donors (Lipinski definition) is 0. The van der Waals surface area contributed by atoms with Crippen molar-refractivity contribution in [3.8, 4) is 5.69 Å². The van der Waals surface area contributed by atoms with Gasteiger partial charge in [0.15, 0.2) is 0 Å². The first kappa shape index (κ1) is 10.7. The Morgan fingerprint density at radius 2 is 1.53 bits per heavy atom. The summed E-state index contributed by atoms with van der Waals surface area (Å²) in [5, 5.41) is 0. The first-order valence-electron chi connectivity index (χ1n) is 5.01. The van der Waals surface area contributed by atoms with E-state index in [1.165, 1.54) is 26.2 Å². The Balaban J connectivity index is 2.64. The minimum atomic E-state index is 1.29. The van der Waals surface area contributed by atoms with E-state index >= 15 is 0 Å². The minimum Gasteiger partial charge on any atom is -0.318 e. The van der Waals surface area contributed by atoms with Crippen LogP contribution in [0, 0.1) is 24.3 Å². The summed E-state index contributed by atoms with van der Waals surface area (Å²) >= 11 is 2.35. The predicted molar refractivity (Wildman–Crippen MR) is 72.7 cm³/mol. The molecule has 0 saturated carbocycles.